The Balaban J connectivity index is 1.88. The average Bonchev–Trinajstić information content (AvgIpc) is 2.45. The fraction of sp³-hybridized carbons (Fsp3) is 0.312. The van der Waals surface area contributed by atoms with Crippen LogP contribution in [0.2, 0.25) is 0 Å². The van der Waals surface area contributed by atoms with Gasteiger partial charge in [-0.15, -0.1) is 0 Å². The van der Waals surface area contributed by atoms with E-state index in [1.165, 1.54) is 17.7 Å². The second-order valence-corrected chi connectivity index (χ2v) is 4.78. The van der Waals surface area contributed by atoms with Gasteiger partial charge in [0.15, 0.2) is 0 Å². The number of halogens is 1. The molecule has 4 heteroatoms. The Bertz CT molecular complexity index is 543. The summed E-state index contributed by atoms with van der Waals surface area (Å²) in [5, 5.41) is 0. The van der Waals surface area contributed by atoms with Crippen molar-refractivity contribution in [3.63, 3.8) is 0 Å². The Morgan fingerprint density at radius 3 is 2.70 bits per heavy atom. The van der Waals surface area contributed by atoms with Gasteiger partial charge < -0.3 is 10.5 Å². The molecule has 3 nitrogen and oxygen atoms in total. The van der Waals surface area contributed by atoms with Gasteiger partial charge in [-0.3, -0.25) is 4.98 Å². The molecule has 20 heavy (non-hydrogen) atoms. The van der Waals surface area contributed by atoms with Gasteiger partial charge in [-0.1, -0.05) is 0 Å². The third-order valence-corrected chi connectivity index (χ3v) is 3.08. The van der Waals surface area contributed by atoms with Crippen LogP contribution in [0, 0.1) is 5.82 Å². The van der Waals surface area contributed by atoms with Crippen molar-refractivity contribution in [1.29, 1.82) is 0 Å². The highest BCUT2D eigenvalue weighted by Gasteiger charge is 2.09. The Labute approximate surface area is 118 Å². The van der Waals surface area contributed by atoms with Crippen molar-refractivity contribution in [2.75, 3.05) is 6.61 Å². The van der Waals surface area contributed by atoms with Crippen molar-refractivity contribution < 1.29 is 9.13 Å². The first-order valence-corrected chi connectivity index (χ1v) is 6.73. The number of hydrogen-bond acceptors (Lipinski definition) is 3. The van der Waals surface area contributed by atoms with E-state index in [1.54, 1.807) is 18.5 Å². The molecule has 0 aliphatic heterocycles. The predicted molar refractivity (Wildman–Crippen MR) is 77.1 cm³/mol. The standard InChI is InChI=1S/C16H19FN2O/c1-12(18)15-11-14(17)4-5-16(15)20-10-2-3-13-6-8-19-9-7-13/h4-9,11-12H,2-3,10,18H2,1H3. The molecule has 1 atom stereocenters. The maximum Gasteiger partial charge on any atom is 0.124 e. The first kappa shape index (κ1) is 14.5. The largest absolute Gasteiger partial charge is 0.493 e. The van der Waals surface area contributed by atoms with Crippen LogP contribution < -0.4 is 10.5 Å². The summed E-state index contributed by atoms with van der Waals surface area (Å²) in [7, 11) is 0. The van der Waals surface area contributed by atoms with Crippen LogP contribution in [0.15, 0.2) is 42.7 Å². The number of aryl methyl sites for hydroxylation is 1. The number of hydrogen-bond donors (Lipinski definition) is 1. The summed E-state index contributed by atoms with van der Waals surface area (Å²) >= 11 is 0. The maximum atomic E-state index is 13.2. The van der Waals surface area contributed by atoms with E-state index in [-0.39, 0.29) is 11.9 Å². The van der Waals surface area contributed by atoms with Gasteiger partial charge in [0, 0.05) is 24.0 Å². The molecular formula is C16H19FN2O. The lowest BCUT2D eigenvalue weighted by atomic mass is 10.1. The fourth-order valence-corrected chi connectivity index (χ4v) is 2.01. The van der Waals surface area contributed by atoms with Crippen LogP contribution in [0.1, 0.15) is 30.5 Å². The molecule has 2 rings (SSSR count). The van der Waals surface area contributed by atoms with Gasteiger partial charge in [0.2, 0.25) is 0 Å². The molecule has 1 aromatic carbocycles. The number of ether oxygens (including phenoxy) is 1. The second-order valence-electron chi connectivity index (χ2n) is 4.78. The summed E-state index contributed by atoms with van der Waals surface area (Å²) in [6.45, 7) is 2.40. The molecule has 0 spiro atoms. The van der Waals surface area contributed by atoms with Crippen molar-refractivity contribution in [1.82, 2.24) is 4.98 Å². The molecule has 0 saturated carbocycles. The molecule has 0 aliphatic rings. The second kappa shape index (κ2) is 7.01. The van der Waals surface area contributed by atoms with E-state index in [2.05, 4.69) is 4.98 Å². The predicted octanol–water partition coefficient (Wildman–Crippen LogP) is 3.25. The summed E-state index contributed by atoms with van der Waals surface area (Å²) in [6.07, 6.45) is 5.38. The smallest absolute Gasteiger partial charge is 0.124 e. The highest BCUT2D eigenvalue weighted by Crippen LogP contribution is 2.24. The van der Waals surface area contributed by atoms with Crippen LogP contribution >= 0.6 is 0 Å². The molecule has 0 fully saturated rings. The zero-order chi connectivity index (χ0) is 14.4. The van der Waals surface area contributed by atoms with Gasteiger partial charge in [-0.2, -0.15) is 0 Å². The molecule has 0 radical (unpaired) electrons. The number of aromatic nitrogens is 1. The molecule has 0 aliphatic carbocycles. The van der Waals surface area contributed by atoms with Crippen LogP contribution in [0.4, 0.5) is 4.39 Å². The summed E-state index contributed by atoms with van der Waals surface area (Å²) in [4.78, 5) is 3.98. The third-order valence-electron chi connectivity index (χ3n) is 3.08. The number of rotatable bonds is 6. The van der Waals surface area contributed by atoms with Gasteiger partial charge in [0.05, 0.1) is 6.61 Å². The van der Waals surface area contributed by atoms with Crippen LogP contribution in [0.3, 0.4) is 0 Å². The van der Waals surface area contributed by atoms with Gasteiger partial charge in [0.25, 0.3) is 0 Å². The van der Waals surface area contributed by atoms with E-state index < -0.39 is 0 Å². The van der Waals surface area contributed by atoms with E-state index in [9.17, 15) is 4.39 Å². The molecule has 106 valence electrons. The maximum absolute atomic E-state index is 13.2. The molecule has 1 heterocycles. The molecule has 1 unspecified atom stereocenters. The van der Waals surface area contributed by atoms with Crippen molar-refractivity contribution in [2.24, 2.45) is 5.73 Å². The quantitative estimate of drug-likeness (QED) is 0.823. The minimum absolute atomic E-state index is 0.249. The minimum atomic E-state index is -0.290. The average molecular weight is 274 g/mol. The SMILES string of the molecule is CC(N)c1cc(F)ccc1OCCCc1ccncc1. The molecular weight excluding hydrogens is 255 g/mol. The Morgan fingerprint density at radius 2 is 2.00 bits per heavy atom. The van der Waals surface area contributed by atoms with Crippen molar-refractivity contribution >= 4 is 0 Å². The fourth-order valence-electron chi connectivity index (χ4n) is 2.01. The van der Waals surface area contributed by atoms with Crippen LogP contribution in [-0.2, 0) is 6.42 Å². The van der Waals surface area contributed by atoms with Crippen LogP contribution in [-0.4, -0.2) is 11.6 Å². The normalized spacial score (nSPS) is 12.2. The lowest BCUT2D eigenvalue weighted by Gasteiger charge is -2.14. The molecule has 0 amide bonds. The topological polar surface area (TPSA) is 48.1 Å². The number of nitrogens with two attached hydrogens (primary N) is 1. The van der Waals surface area contributed by atoms with Gasteiger partial charge >= 0.3 is 0 Å². The van der Waals surface area contributed by atoms with E-state index in [0.717, 1.165) is 12.8 Å². The van der Waals surface area contributed by atoms with E-state index in [0.29, 0.717) is 17.9 Å². The summed E-state index contributed by atoms with van der Waals surface area (Å²) in [6, 6.07) is 8.20. The van der Waals surface area contributed by atoms with E-state index in [1.807, 2.05) is 19.1 Å². The first-order chi connectivity index (χ1) is 9.66. The molecule has 0 saturated heterocycles. The molecule has 2 aromatic rings. The summed E-state index contributed by atoms with van der Waals surface area (Å²) < 4.78 is 18.9. The Kier molecular flexibility index (Phi) is 5.07. The van der Waals surface area contributed by atoms with E-state index >= 15 is 0 Å². The minimum Gasteiger partial charge on any atom is -0.493 e. The Hall–Kier alpha value is -1.94. The van der Waals surface area contributed by atoms with Crippen LogP contribution in [0.25, 0.3) is 0 Å². The molecule has 2 N–H and O–H groups in total. The zero-order valence-corrected chi connectivity index (χ0v) is 11.6. The number of pyridine rings is 1. The molecule has 1 aromatic heterocycles. The highest BCUT2D eigenvalue weighted by molar-refractivity contribution is 5.36. The van der Waals surface area contributed by atoms with E-state index in [4.69, 9.17) is 10.5 Å². The first-order valence-electron chi connectivity index (χ1n) is 6.73. The van der Waals surface area contributed by atoms with Gasteiger partial charge in [-0.25, -0.2) is 4.39 Å². The summed E-state index contributed by atoms with van der Waals surface area (Å²) in [5.74, 6) is 0.373. The molecule has 0 bridgehead atoms. The zero-order valence-electron chi connectivity index (χ0n) is 11.6. The van der Waals surface area contributed by atoms with Crippen molar-refractivity contribution in [3.05, 3.63) is 59.7 Å². The highest BCUT2D eigenvalue weighted by atomic mass is 19.1. The van der Waals surface area contributed by atoms with Crippen molar-refractivity contribution in [3.8, 4) is 5.75 Å². The third kappa shape index (κ3) is 4.03. The monoisotopic (exact) mass is 274 g/mol. The van der Waals surface area contributed by atoms with Gasteiger partial charge in [0.1, 0.15) is 11.6 Å². The van der Waals surface area contributed by atoms with Crippen LogP contribution in [0.5, 0.6) is 5.75 Å². The summed E-state index contributed by atoms with van der Waals surface area (Å²) in [5.41, 5.74) is 7.76. The Morgan fingerprint density at radius 1 is 1.25 bits per heavy atom. The lowest BCUT2D eigenvalue weighted by molar-refractivity contribution is 0.306. The number of nitrogens with zero attached hydrogens (tertiary/aromatic N) is 1. The van der Waals surface area contributed by atoms with Gasteiger partial charge in [-0.05, 0) is 55.7 Å². The number of benzene rings is 1. The lowest BCUT2D eigenvalue weighted by Crippen LogP contribution is -2.09. The van der Waals surface area contributed by atoms with Crippen molar-refractivity contribution in [2.45, 2.75) is 25.8 Å².